The van der Waals surface area contributed by atoms with Crippen molar-refractivity contribution in [2.45, 2.75) is 25.5 Å². The van der Waals surface area contributed by atoms with Crippen molar-refractivity contribution in [3.8, 4) is 5.75 Å². The number of halogens is 4. The highest BCUT2D eigenvalue weighted by Gasteiger charge is 2.29. The van der Waals surface area contributed by atoms with Gasteiger partial charge in [-0.2, -0.15) is 8.78 Å². The molecule has 142 valence electrons. The van der Waals surface area contributed by atoms with Crippen LogP contribution < -0.4 is 20.3 Å². The van der Waals surface area contributed by atoms with E-state index in [2.05, 4.69) is 15.4 Å². The molecule has 0 bridgehead atoms. The summed E-state index contributed by atoms with van der Waals surface area (Å²) in [5.74, 6) is 0.298. The Labute approximate surface area is 158 Å². The lowest BCUT2D eigenvalue weighted by Crippen LogP contribution is -2.41. The van der Waals surface area contributed by atoms with Crippen LogP contribution in [-0.2, 0) is 4.79 Å². The molecule has 9 heteroatoms. The molecule has 2 atom stereocenters. The minimum Gasteiger partial charge on any atom is -0.433 e. The number of alkyl halides is 2. The summed E-state index contributed by atoms with van der Waals surface area (Å²) in [7, 11) is 0. The second-order valence-electron chi connectivity index (χ2n) is 5.98. The molecule has 0 spiro atoms. The van der Waals surface area contributed by atoms with Crippen molar-refractivity contribution < 1.29 is 18.3 Å². The Morgan fingerprint density at radius 3 is 2.72 bits per heavy atom. The van der Waals surface area contributed by atoms with Gasteiger partial charge in [0.2, 0.25) is 5.91 Å². The van der Waals surface area contributed by atoms with Gasteiger partial charge in [-0.3, -0.25) is 4.79 Å². The molecular weight excluding hydrogens is 375 g/mol. The Bertz CT molecular complexity index is 560. The number of anilines is 1. The van der Waals surface area contributed by atoms with Gasteiger partial charge in [-0.1, -0.05) is 12.1 Å². The highest BCUT2D eigenvalue weighted by molar-refractivity contribution is 5.85. The van der Waals surface area contributed by atoms with Crippen molar-refractivity contribution in [2.75, 3.05) is 31.1 Å². The van der Waals surface area contributed by atoms with Crippen molar-refractivity contribution in [1.29, 1.82) is 0 Å². The number of ether oxygens (including phenoxy) is 1. The average molecular weight is 398 g/mol. The van der Waals surface area contributed by atoms with Crippen LogP contribution in [0.5, 0.6) is 5.75 Å². The van der Waals surface area contributed by atoms with Crippen LogP contribution >= 0.6 is 24.8 Å². The van der Waals surface area contributed by atoms with Crippen LogP contribution in [0.25, 0.3) is 0 Å². The number of rotatable bonds is 5. The second kappa shape index (κ2) is 9.99. The summed E-state index contributed by atoms with van der Waals surface area (Å²) in [5.41, 5.74) is 0.645. The Hall–Kier alpha value is -1.31. The van der Waals surface area contributed by atoms with Crippen LogP contribution in [0.1, 0.15) is 12.8 Å². The Morgan fingerprint density at radius 2 is 2.04 bits per heavy atom. The lowest BCUT2D eigenvalue weighted by Gasteiger charge is -2.22. The molecule has 3 rings (SSSR count). The number of carbonyl (C=O) groups is 1. The first kappa shape index (κ1) is 21.7. The third kappa shape index (κ3) is 5.59. The number of para-hydroxylation sites is 2. The first-order valence-corrected chi connectivity index (χ1v) is 7.93. The zero-order valence-electron chi connectivity index (χ0n) is 13.6. The number of carbonyl (C=O) groups excluding carboxylic acids is 1. The van der Waals surface area contributed by atoms with Crippen molar-refractivity contribution in [1.82, 2.24) is 10.6 Å². The molecule has 1 amide bonds. The second-order valence-corrected chi connectivity index (χ2v) is 5.98. The number of hydrogen-bond acceptors (Lipinski definition) is 4. The van der Waals surface area contributed by atoms with E-state index in [1.807, 2.05) is 4.90 Å². The molecule has 0 aliphatic carbocycles. The van der Waals surface area contributed by atoms with E-state index >= 15 is 0 Å². The minimum absolute atomic E-state index is 0. The molecule has 0 saturated carbocycles. The third-order valence-corrected chi connectivity index (χ3v) is 4.39. The van der Waals surface area contributed by atoms with E-state index in [1.165, 1.54) is 6.07 Å². The molecule has 1 aromatic carbocycles. The zero-order valence-corrected chi connectivity index (χ0v) is 15.3. The van der Waals surface area contributed by atoms with Crippen LogP contribution in [0.2, 0.25) is 0 Å². The number of amides is 1. The highest BCUT2D eigenvalue weighted by atomic mass is 35.5. The van der Waals surface area contributed by atoms with Crippen LogP contribution in [-0.4, -0.2) is 44.7 Å². The van der Waals surface area contributed by atoms with Gasteiger partial charge in [0.15, 0.2) is 0 Å². The number of hydrogen-bond donors (Lipinski definition) is 2. The fourth-order valence-electron chi connectivity index (χ4n) is 3.21. The fraction of sp³-hybridized carbons (Fsp3) is 0.562. The average Bonchev–Trinajstić information content (AvgIpc) is 3.18. The molecule has 2 fully saturated rings. The van der Waals surface area contributed by atoms with Crippen LogP contribution in [0.15, 0.2) is 24.3 Å². The number of nitrogens with one attached hydrogen (secondary N) is 2. The van der Waals surface area contributed by atoms with Crippen molar-refractivity contribution in [3.05, 3.63) is 24.3 Å². The summed E-state index contributed by atoms with van der Waals surface area (Å²) in [4.78, 5) is 14.1. The summed E-state index contributed by atoms with van der Waals surface area (Å²) in [6, 6.07) is 6.82. The largest absolute Gasteiger partial charge is 0.433 e. The number of benzene rings is 1. The highest BCUT2D eigenvalue weighted by Crippen LogP contribution is 2.31. The maximum absolute atomic E-state index is 12.5. The molecule has 2 heterocycles. The van der Waals surface area contributed by atoms with E-state index < -0.39 is 6.61 Å². The van der Waals surface area contributed by atoms with Gasteiger partial charge in [0, 0.05) is 25.7 Å². The minimum atomic E-state index is -2.84. The zero-order chi connectivity index (χ0) is 16.2. The molecule has 2 saturated heterocycles. The summed E-state index contributed by atoms with van der Waals surface area (Å²) >= 11 is 0. The van der Waals surface area contributed by atoms with Gasteiger partial charge in [0.05, 0.1) is 11.6 Å². The van der Waals surface area contributed by atoms with E-state index in [1.54, 1.807) is 18.2 Å². The first-order chi connectivity index (χ1) is 11.1. The van der Waals surface area contributed by atoms with E-state index in [0.717, 1.165) is 25.9 Å². The van der Waals surface area contributed by atoms with Gasteiger partial charge < -0.3 is 20.3 Å². The van der Waals surface area contributed by atoms with Gasteiger partial charge in [-0.05, 0) is 31.5 Å². The van der Waals surface area contributed by atoms with E-state index in [-0.39, 0.29) is 48.4 Å². The molecule has 5 nitrogen and oxygen atoms in total. The lowest BCUT2D eigenvalue weighted by atomic mass is 10.1. The molecular formula is C16H23Cl2F2N3O2. The van der Waals surface area contributed by atoms with Gasteiger partial charge in [-0.25, -0.2) is 0 Å². The lowest BCUT2D eigenvalue weighted by molar-refractivity contribution is -0.125. The predicted molar refractivity (Wildman–Crippen MR) is 97.3 cm³/mol. The first-order valence-electron chi connectivity index (χ1n) is 7.93. The molecule has 2 aliphatic heterocycles. The van der Waals surface area contributed by atoms with E-state index in [9.17, 15) is 13.6 Å². The quantitative estimate of drug-likeness (QED) is 0.800. The van der Waals surface area contributed by atoms with Crippen molar-refractivity contribution >= 4 is 36.4 Å². The van der Waals surface area contributed by atoms with Gasteiger partial charge in [0.1, 0.15) is 5.75 Å². The standard InChI is InChI=1S/C16H21F2N3O2.2ClH/c17-16(18)23-14-4-2-1-3-13(14)21-8-6-12(10-21)20-15(22)11-5-7-19-9-11;;/h1-4,11-12,16,19H,5-10H2,(H,20,22);2*1H. The Kier molecular flexibility index (Phi) is 8.68. The molecule has 1 aromatic rings. The van der Waals surface area contributed by atoms with Gasteiger partial charge >= 0.3 is 6.61 Å². The monoisotopic (exact) mass is 397 g/mol. The Balaban J connectivity index is 0.00000156. The Morgan fingerprint density at radius 1 is 1.28 bits per heavy atom. The molecule has 0 radical (unpaired) electrons. The van der Waals surface area contributed by atoms with E-state index in [0.29, 0.717) is 18.8 Å². The smallest absolute Gasteiger partial charge is 0.387 e. The summed E-state index contributed by atoms with van der Waals surface area (Å²) in [6.07, 6.45) is 1.67. The summed E-state index contributed by atoms with van der Waals surface area (Å²) in [5, 5.41) is 6.25. The van der Waals surface area contributed by atoms with Crippen LogP contribution in [0.4, 0.5) is 14.5 Å². The number of nitrogens with zero attached hydrogens (tertiary/aromatic N) is 1. The fourth-order valence-corrected chi connectivity index (χ4v) is 3.21. The predicted octanol–water partition coefficient (Wildman–Crippen LogP) is 2.44. The van der Waals surface area contributed by atoms with Crippen LogP contribution in [0.3, 0.4) is 0 Å². The summed E-state index contributed by atoms with van der Waals surface area (Å²) < 4.78 is 29.6. The van der Waals surface area contributed by atoms with Gasteiger partial charge in [0.25, 0.3) is 0 Å². The molecule has 2 aliphatic rings. The third-order valence-electron chi connectivity index (χ3n) is 4.39. The topological polar surface area (TPSA) is 53.6 Å². The maximum Gasteiger partial charge on any atom is 0.387 e. The van der Waals surface area contributed by atoms with Crippen molar-refractivity contribution in [3.63, 3.8) is 0 Å². The van der Waals surface area contributed by atoms with E-state index in [4.69, 9.17) is 0 Å². The molecule has 0 aromatic heterocycles. The SMILES string of the molecule is Cl.Cl.O=C(NC1CCN(c2ccccc2OC(F)F)C1)C1CCNC1. The maximum atomic E-state index is 12.5. The van der Waals surface area contributed by atoms with Crippen molar-refractivity contribution in [2.24, 2.45) is 5.92 Å². The molecule has 2 N–H and O–H groups in total. The molecule has 25 heavy (non-hydrogen) atoms. The normalized spacial score (nSPS) is 22.3. The molecule has 2 unspecified atom stereocenters. The van der Waals surface area contributed by atoms with Gasteiger partial charge in [-0.15, -0.1) is 24.8 Å². The van der Waals surface area contributed by atoms with Crippen LogP contribution in [0, 0.1) is 5.92 Å². The summed E-state index contributed by atoms with van der Waals surface area (Å²) in [6.45, 7) is 0.0807.